The lowest BCUT2D eigenvalue weighted by Gasteiger charge is -2.26. The van der Waals surface area contributed by atoms with Crippen LogP contribution in [0.5, 0.6) is 0 Å². The number of pyridine rings is 1. The normalized spacial score (nSPS) is 14.3. The minimum absolute atomic E-state index is 0. The minimum Gasteiger partial charge on any atom is -0.355 e. The van der Waals surface area contributed by atoms with Gasteiger partial charge in [0.05, 0.1) is 0 Å². The van der Waals surface area contributed by atoms with Gasteiger partial charge in [0.1, 0.15) is 0 Å². The standard InChI is InChI=1S/C15H19N5O2.2ClH/c21-15(18-7-10-20-8-5-17-6-9-20)13-11-14(22-19-13)12-1-3-16-4-2-12;;/h1-4,11,17H,5-10H2,(H,18,21);2*1H. The lowest BCUT2D eigenvalue weighted by Crippen LogP contribution is -2.46. The van der Waals surface area contributed by atoms with Gasteiger partial charge in [-0.3, -0.25) is 14.7 Å². The maximum Gasteiger partial charge on any atom is 0.273 e. The Balaban J connectivity index is 0.00000144. The molecule has 0 atom stereocenters. The summed E-state index contributed by atoms with van der Waals surface area (Å²) < 4.78 is 5.21. The quantitative estimate of drug-likeness (QED) is 0.819. The van der Waals surface area contributed by atoms with E-state index in [9.17, 15) is 4.79 Å². The third kappa shape index (κ3) is 5.45. The molecule has 1 saturated heterocycles. The summed E-state index contributed by atoms with van der Waals surface area (Å²) in [6.07, 6.45) is 3.34. The fourth-order valence-electron chi connectivity index (χ4n) is 2.39. The van der Waals surface area contributed by atoms with E-state index in [0.29, 0.717) is 18.0 Å². The molecule has 3 rings (SSSR count). The molecule has 7 nitrogen and oxygen atoms in total. The maximum atomic E-state index is 12.1. The van der Waals surface area contributed by atoms with Gasteiger partial charge < -0.3 is 15.2 Å². The molecule has 1 aliphatic heterocycles. The molecule has 1 amide bonds. The Bertz CT molecular complexity index is 617. The molecular weight excluding hydrogens is 353 g/mol. The van der Waals surface area contributed by atoms with Crippen LogP contribution in [0.1, 0.15) is 10.5 Å². The summed E-state index contributed by atoms with van der Waals surface area (Å²) in [7, 11) is 0. The zero-order valence-electron chi connectivity index (χ0n) is 13.1. The highest BCUT2D eigenvalue weighted by Gasteiger charge is 2.14. The van der Waals surface area contributed by atoms with Crippen molar-refractivity contribution in [2.75, 3.05) is 39.3 Å². The van der Waals surface area contributed by atoms with E-state index in [1.165, 1.54) is 0 Å². The van der Waals surface area contributed by atoms with Crippen LogP contribution in [0.15, 0.2) is 35.1 Å². The first-order valence-electron chi connectivity index (χ1n) is 7.41. The second kappa shape index (κ2) is 10.2. The number of nitrogens with one attached hydrogen (secondary N) is 2. The molecule has 3 heterocycles. The van der Waals surface area contributed by atoms with Gasteiger partial charge >= 0.3 is 0 Å². The first-order valence-corrected chi connectivity index (χ1v) is 7.41. The van der Waals surface area contributed by atoms with Crippen molar-refractivity contribution in [1.29, 1.82) is 0 Å². The van der Waals surface area contributed by atoms with E-state index in [2.05, 4.69) is 25.7 Å². The van der Waals surface area contributed by atoms with Crippen LogP contribution in [-0.4, -0.2) is 60.2 Å². The van der Waals surface area contributed by atoms with Crippen molar-refractivity contribution in [2.24, 2.45) is 0 Å². The van der Waals surface area contributed by atoms with Crippen molar-refractivity contribution in [2.45, 2.75) is 0 Å². The number of carbonyl (C=O) groups excluding carboxylic acids is 1. The number of nitrogens with zero attached hydrogens (tertiary/aromatic N) is 3. The SMILES string of the molecule is Cl.Cl.O=C(NCCN1CCNCC1)c1cc(-c2ccncc2)on1. The molecule has 0 aromatic carbocycles. The second-order valence-electron chi connectivity index (χ2n) is 5.16. The van der Waals surface area contributed by atoms with Crippen LogP contribution in [0.3, 0.4) is 0 Å². The van der Waals surface area contributed by atoms with Crippen LogP contribution in [0.25, 0.3) is 11.3 Å². The van der Waals surface area contributed by atoms with E-state index in [0.717, 1.165) is 38.3 Å². The Labute approximate surface area is 153 Å². The minimum atomic E-state index is -0.209. The molecule has 0 aliphatic carbocycles. The Morgan fingerprint density at radius 2 is 1.96 bits per heavy atom. The van der Waals surface area contributed by atoms with Crippen LogP contribution < -0.4 is 10.6 Å². The van der Waals surface area contributed by atoms with Crippen molar-refractivity contribution in [1.82, 2.24) is 25.7 Å². The van der Waals surface area contributed by atoms with E-state index in [-0.39, 0.29) is 30.7 Å². The molecule has 0 unspecified atom stereocenters. The van der Waals surface area contributed by atoms with Gasteiger partial charge in [0.2, 0.25) is 0 Å². The van der Waals surface area contributed by atoms with Gasteiger partial charge in [-0.15, -0.1) is 24.8 Å². The first kappa shape index (κ1) is 20.4. The van der Waals surface area contributed by atoms with Gasteiger partial charge in [-0.05, 0) is 12.1 Å². The predicted molar refractivity (Wildman–Crippen MR) is 95.9 cm³/mol. The number of hydrogen-bond acceptors (Lipinski definition) is 6. The van der Waals surface area contributed by atoms with Gasteiger partial charge in [-0.25, -0.2) is 0 Å². The highest BCUT2D eigenvalue weighted by molar-refractivity contribution is 5.93. The first-order chi connectivity index (χ1) is 10.8. The molecule has 2 aromatic rings. The molecule has 1 fully saturated rings. The monoisotopic (exact) mass is 373 g/mol. The Kier molecular flexibility index (Phi) is 8.70. The van der Waals surface area contributed by atoms with Gasteiger partial charge in [0.25, 0.3) is 5.91 Å². The van der Waals surface area contributed by atoms with E-state index in [1.807, 2.05) is 12.1 Å². The highest BCUT2D eigenvalue weighted by atomic mass is 35.5. The van der Waals surface area contributed by atoms with Crippen LogP contribution in [0.2, 0.25) is 0 Å². The summed E-state index contributed by atoms with van der Waals surface area (Å²) in [4.78, 5) is 18.3. The molecule has 0 radical (unpaired) electrons. The zero-order chi connectivity index (χ0) is 15.2. The van der Waals surface area contributed by atoms with Crippen LogP contribution >= 0.6 is 24.8 Å². The van der Waals surface area contributed by atoms with Crippen molar-refractivity contribution in [3.8, 4) is 11.3 Å². The summed E-state index contributed by atoms with van der Waals surface area (Å²) >= 11 is 0. The topological polar surface area (TPSA) is 83.3 Å². The van der Waals surface area contributed by atoms with E-state index in [4.69, 9.17) is 4.52 Å². The number of aromatic nitrogens is 2. The van der Waals surface area contributed by atoms with Crippen molar-refractivity contribution < 1.29 is 9.32 Å². The molecule has 2 N–H and O–H groups in total. The summed E-state index contributed by atoms with van der Waals surface area (Å²) in [6, 6.07) is 5.27. The lowest BCUT2D eigenvalue weighted by molar-refractivity contribution is 0.0938. The fourth-order valence-corrected chi connectivity index (χ4v) is 2.39. The molecule has 0 bridgehead atoms. The molecule has 1 aliphatic rings. The van der Waals surface area contributed by atoms with Gasteiger partial charge in [0, 0.05) is 63.3 Å². The number of rotatable bonds is 5. The Hall–Kier alpha value is -1.67. The number of hydrogen-bond donors (Lipinski definition) is 2. The highest BCUT2D eigenvalue weighted by Crippen LogP contribution is 2.18. The predicted octanol–water partition coefficient (Wildman–Crippen LogP) is 1.22. The number of piperazine rings is 1. The number of amides is 1. The Morgan fingerprint density at radius 3 is 2.67 bits per heavy atom. The number of carbonyl (C=O) groups is 1. The third-order valence-electron chi connectivity index (χ3n) is 3.63. The maximum absolute atomic E-state index is 12.1. The molecule has 24 heavy (non-hydrogen) atoms. The molecule has 2 aromatic heterocycles. The Morgan fingerprint density at radius 1 is 1.25 bits per heavy atom. The van der Waals surface area contributed by atoms with Crippen LogP contribution in [-0.2, 0) is 0 Å². The number of halogens is 2. The van der Waals surface area contributed by atoms with E-state index in [1.54, 1.807) is 18.5 Å². The molecule has 9 heteroatoms. The molecule has 132 valence electrons. The summed E-state index contributed by atoms with van der Waals surface area (Å²) in [5.41, 5.74) is 1.15. The van der Waals surface area contributed by atoms with Gasteiger partial charge in [0.15, 0.2) is 11.5 Å². The van der Waals surface area contributed by atoms with Gasteiger partial charge in [-0.1, -0.05) is 5.16 Å². The second-order valence-corrected chi connectivity index (χ2v) is 5.16. The van der Waals surface area contributed by atoms with Gasteiger partial charge in [-0.2, -0.15) is 0 Å². The largest absolute Gasteiger partial charge is 0.355 e. The summed E-state index contributed by atoms with van der Waals surface area (Å²) in [5.74, 6) is 0.355. The van der Waals surface area contributed by atoms with E-state index < -0.39 is 0 Å². The zero-order valence-corrected chi connectivity index (χ0v) is 14.7. The molecular formula is C15H21Cl2N5O2. The van der Waals surface area contributed by atoms with Crippen molar-refractivity contribution >= 4 is 30.7 Å². The summed E-state index contributed by atoms with van der Waals surface area (Å²) in [5, 5.41) is 10.0. The van der Waals surface area contributed by atoms with Crippen LogP contribution in [0.4, 0.5) is 0 Å². The molecule has 0 saturated carbocycles. The van der Waals surface area contributed by atoms with Crippen LogP contribution in [0, 0.1) is 0 Å². The average molecular weight is 374 g/mol. The van der Waals surface area contributed by atoms with Crippen molar-refractivity contribution in [3.63, 3.8) is 0 Å². The third-order valence-corrected chi connectivity index (χ3v) is 3.63. The van der Waals surface area contributed by atoms with E-state index >= 15 is 0 Å². The fraction of sp³-hybridized carbons (Fsp3) is 0.400. The van der Waals surface area contributed by atoms with Crippen molar-refractivity contribution in [3.05, 3.63) is 36.3 Å². The average Bonchev–Trinajstić information content (AvgIpc) is 3.07. The lowest BCUT2D eigenvalue weighted by atomic mass is 10.2. The smallest absolute Gasteiger partial charge is 0.273 e. The summed E-state index contributed by atoms with van der Waals surface area (Å²) in [6.45, 7) is 5.51. The molecule has 0 spiro atoms.